The van der Waals surface area contributed by atoms with Crippen LogP contribution in [0.15, 0.2) is 18.5 Å². The molecule has 168 valence electrons. The van der Waals surface area contributed by atoms with Gasteiger partial charge in [0.2, 0.25) is 5.95 Å². The van der Waals surface area contributed by atoms with E-state index in [1.807, 2.05) is 30.7 Å². The van der Waals surface area contributed by atoms with Gasteiger partial charge in [-0.3, -0.25) is 0 Å². The summed E-state index contributed by atoms with van der Waals surface area (Å²) in [6.07, 6.45) is 3.02. The first kappa shape index (κ1) is 21.7. The minimum absolute atomic E-state index is 0.0481. The number of anilines is 3. The maximum atomic E-state index is 15.2. The quantitative estimate of drug-likeness (QED) is 0.748. The van der Waals surface area contributed by atoms with Crippen LogP contribution in [0, 0.1) is 11.6 Å². The van der Waals surface area contributed by atoms with E-state index < -0.39 is 11.6 Å². The molecule has 2 fully saturated rings. The topological polar surface area (TPSA) is 70.8 Å². The predicted molar refractivity (Wildman–Crippen MR) is 118 cm³/mol. The molecule has 7 nitrogen and oxygen atoms in total. The summed E-state index contributed by atoms with van der Waals surface area (Å²) in [5.74, 6) is -0.924. The number of likely N-dealkylation sites (N-methyl/N-ethyl adjacent to an activating group) is 1. The van der Waals surface area contributed by atoms with E-state index in [0.29, 0.717) is 37.8 Å². The van der Waals surface area contributed by atoms with Crippen LogP contribution in [0.5, 0.6) is 0 Å². The molecule has 1 aromatic carbocycles. The standard InChI is InChI=1S/C22H30F2N6O/c1-13-10-29(6-5-28(13)4)18-7-17(23)19(20(24)21(18)25)16-8-26-22(27-9-16)30-11-14(2)31-15(3)12-30/h7-9,13-15H,5-6,10-12,25H2,1-4H3/t13?,14-,15+. The fourth-order valence-electron chi connectivity index (χ4n) is 4.37. The van der Waals surface area contributed by atoms with Gasteiger partial charge in [0.05, 0.1) is 29.1 Å². The molecule has 0 radical (unpaired) electrons. The zero-order valence-corrected chi connectivity index (χ0v) is 18.5. The van der Waals surface area contributed by atoms with Gasteiger partial charge in [-0.05, 0) is 27.8 Å². The van der Waals surface area contributed by atoms with E-state index in [2.05, 4.69) is 21.8 Å². The Morgan fingerprint density at radius 1 is 1.00 bits per heavy atom. The van der Waals surface area contributed by atoms with E-state index in [1.165, 1.54) is 18.5 Å². The van der Waals surface area contributed by atoms with E-state index in [1.54, 1.807) is 0 Å². The summed E-state index contributed by atoms with van der Waals surface area (Å²) in [6, 6.07) is 1.59. The number of rotatable bonds is 3. The summed E-state index contributed by atoms with van der Waals surface area (Å²) in [5.41, 5.74) is 6.53. The third-order valence-electron chi connectivity index (χ3n) is 6.16. The molecule has 1 unspecified atom stereocenters. The number of morpholine rings is 1. The van der Waals surface area contributed by atoms with Gasteiger partial charge in [0.15, 0.2) is 5.82 Å². The second kappa shape index (κ2) is 8.55. The van der Waals surface area contributed by atoms with Crippen molar-refractivity contribution < 1.29 is 13.5 Å². The lowest BCUT2D eigenvalue weighted by molar-refractivity contribution is -0.00571. The monoisotopic (exact) mass is 432 g/mol. The van der Waals surface area contributed by atoms with Gasteiger partial charge < -0.3 is 25.2 Å². The number of nitrogens with zero attached hydrogens (tertiary/aromatic N) is 5. The first-order chi connectivity index (χ1) is 14.7. The molecular weight excluding hydrogens is 402 g/mol. The van der Waals surface area contributed by atoms with Crippen LogP contribution in [0.4, 0.5) is 26.1 Å². The lowest BCUT2D eigenvalue weighted by atomic mass is 10.0. The maximum Gasteiger partial charge on any atom is 0.225 e. The van der Waals surface area contributed by atoms with Gasteiger partial charge in [0, 0.05) is 62.8 Å². The molecule has 2 aliphatic rings. The number of aromatic nitrogens is 2. The van der Waals surface area contributed by atoms with Crippen molar-refractivity contribution in [3.05, 3.63) is 30.1 Å². The van der Waals surface area contributed by atoms with Crippen LogP contribution < -0.4 is 15.5 Å². The smallest absolute Gasteiger partial charge is 0.225 e. The van der Waals surface area contributed by atoms with Gasteiger partial charge in [-0.1, -0.05) is 0 Å². The molecule has 0 amide bonds. The van der Waals surface area contributed by atoms with Crippen LogP contribution in [0.2, 0.25) is 0 Å². The highest BCUT2D eigenvalue weighted by Gasteiger charge is 2.27. The Morgan fingerprint density at radius 2 is 1.65 bits per heavy atom. The molecule has 1 aromatic heterocycles. The van der Waals surface area contributed by atoms with Gasteiger partial charge in [0.25, 0.3) is 0 Å². The van der Waals surface area contributed by atoms with Gasteiger partial charge in [0.1, 0.15) is 5.82 Å². The SMILES string of the molecule is CC1CN(c2cc(F)c(-c3cnc(N4C[C@@H](C)O[C@@H](C)C4)nc3)c(F)c2N)CCN1C. The van der Waals surface area contributed by atoms with Crippen LogP contribution >= 0.6 is 0 Å². The van der Waals surface area contributed by atoms with Gasteiger partial charge >= 0.3 is 0 Å². The highest BCUT2D eigenvalue weighted by atomic mass is 19.1. The van der Waals surface area contributed by atoms with E-state index in [9.17, 15) is 0 Å². The normalized spacial score (nSPS) is 25.2. The largest absolute Gasteiger partial charge is 0.395 e. The van der Waals surface area contributed by atoms with Crippen molar-refractivity contribution in [2.45, 2.75) is 39.0 Å². The molecule has 2 aromatic rings. The van der Waals surface area contributed by atoms with E-state index >= 15 is 8.78 Å². The third-order valence-corrected chi connectivity index (χ3v) is 6.16. The fourth-order valence-corrected chi connectivity index (χ4v) is 4.37. The highest BCUT2D eigenvalue weighted by molar-refractivity contribution is 5.78. The van der Waals surface area contributed by atoms with Crippen LogP contribution in [-0.2, 0) is 4.74 Å². The Labute approximate surface area is 181 Å². The summed E-state index contributed by atoms with van der Waals surface area (Å²) in [6.45, 7) is 9.53. The van der Waals surface area contributed by atoms with Gasteiger partial charge in [-0.15, -0.1) is 0 Å². The van der Waals surface area contributed by atoms with Crippen molar-refractivity contribution in [2.24, 2.45) is 0 Å². The van der Waals surface area contributed by atoms with Crippen molar-refractivity contribution >= 4 is 17.3 Å². The predicted octanol–water partition coefficient (Wildman–Crippen LogP) is 2.76. The van der Waals surface area contributed by atoms with Crippen LogP contribution in [0.1, 0.15) is 20.8 Å². The van der Waals surface area contributed by atoms with E-state index in [4.69, 9.17) is 10.5 Å². The zero-order chi connectivity index (χ0) is 22.3. The average Bonchev–Trinajstić information content (AvgIpc) is 2.73. The van der Waals surface area contributed by atoms with E-state index in [-0.39, 0.29) is 35.1 Å². The lowest BCUT2D eigenvalue weighted by Crippen LogP contribution is -2.50. The molecule has 2 saturated heterocycles. The van der Waals surface area contributed by atoms with Crippen LogP contribution in [-0.4, -0.2) is 72.9 Å². The maximum absolute atomic E-state index is 15.2. The highest BCUT2D eigenvalue weighted by Crippen LogP contribution is 2.36. The molecule has 9 heteroatoms. The Kier molecular flexibility index (Phi) is 5.98. The lowest BCUT2D eigenvalue weighted by Gasteiger charge is -2.39. The number of hydrogen-bond acceptors (Lipinski definition) is 7. The van der Waals surface area contributed by atoms with Crippen molar-refractivity contribution in [1.29, 1.82) is 0 Å². The number of piperazine rings is 1. The summed E-state index contributed by atoms with van der Waals surface area (Å²) >= 11 is 0. The first-order valence-electron chi connectivity index (χ1n) is 10.7. The number of nitrogen functional groups attached to an aromatic ring is 1. The molecule has 0 aliphatic carbocycles. The molecular formula is C22H30F2N6O. The molecule has 0 spiro atoms. The minimum Gasteiger partial charge on any atom is -0.395 e. The van der Waals surface area contributed by atoms with Crippen molar-refractivity contribution in [3.63, 3.8) is 0 Å². The van der Waals surface area contributed by atoms with Gasteiger partial charge in [-0.2, -0.15) is 0 Å². The molecule has 0 bridgehead atoms. The average molecular weight is 433 g/mol. The number of ether oxygens (including phenoxy) is 1. The molecule has 3 atom stereocenters. The summed E-state index contributed by atoms with van der Waals surface area (Å²) in [7, 11) is 2.04. The third kappa shape index (κ3) is 4.29. The molecule has 4 rings (SSSR count). The summed E-state index contributed by atoms with van der Waals surface area (Å²) in [5, 5.41) is 0. The Morgan fingerprint density at radius 3 is 2.26 bits per heavy atom. The van der Waals surface area contributed by atoms with Gasteiger partial charge in [-0.25, -0.2) is 18.7 Å². The fraction of sp³-hybridized carbons (Fsp3) is 0.545. The van der Waals surface area contributed by atoms with Crippen LogP contribution in [0.3, 0.4) is 0 Å². The molecule has 2 N–H and O–H groups in total. The summed E-state index contributed by atoms with van der Waals surface area (Å²) < 4.78 is 36.0. The summed E-state index contributed by atoms with van der Waals surface area (Å²) in [4.78, 5) is 14.9. The number of hydrogen-bond donors (Lipinski definition) is 1. The van der Waals surface area contributed by atoms with E-state index in [0.717, 1.165) is 6.54 Å². The number of nitrogens with two attached hydrogens (primary N) is 1. The Bertz CT molecular complexity index is 931. The molecule has 31 heavy (non-hydrogen) atoms. The number of benzene rings is 1. The van der Waals surface area contributed by atoms with Crippen molar-refractivity contribution in [1.82, 2.24) is 14.9 Å². The minimum atomic E-state index is -0.772. The van der Waals surface area contributed by atoms with Crippen molar-refractivity contribution in [3.8, 4) is 11.1 Å². The second-order valence-corrected chi connectivity index (χ2v) is 8.69. The Balaban J connectivity index is 1.61. The first-order valence-corrected chi connectivity index (χ1v) is 10.7. The number of halogens is 2. The van der Waals surface area contributed by atoms with Crippen LogP contribution in [0.25, 0.3) is 11.1 Å². The molecule has 0 saturated carbocycles. The van der Waals surface area contributed by atoms with Crippen molar-refractivity contribution in [2.75, 3.05) is 55.3 Å². The second-order valence-electron chi connectivity index (χ2n) is 8.69. The Hall–Kier alpha value is -2.52. The molecule has 3 heterocycles. The molecule has 2 aliphatic heterocycles. The zero-order valence-electron chi connectivity index (χ0n) is 18.5.